The number of rotatable bonds is 23. The van der Waals surface area contributed by atoms with Crippen molar-refractivity contribution in [1.82, 2.24) is 16.0 Å². The minimum atomic E-state index is -5.37. The van der Waals surface area contributed by atoms with Crippen LogP contribution in [0.3, 0.4) is 0 Å². The second kappa shape index (κ2) is 27.4. The highest BCUT2D eigenvalue weighted by Crippen LogP contribution is 2.39. The fraction of sp³-hybridized carbons (Fsp3) is 0.897. The van der Waals surface area contributed by atoms with Crippen LogP contribution in [0.15, 0.2) is 0 Å². The summed E-state index contributed by atoms with van der Waals surface area (Å²) in [5.74, 6) is -8.08. The first-order valence-corrected chi connectivity index (χ1v) is 26.3. The molecule has 5 saturated heterocycles. The lowest BCUT2D eigenvalue weighted by atomic mass is 9.88. The summed E-state index contributed by atoms with van der Waals surface area (Å²) in [5, 5.41) is 159. The first-order valence-electron chi connectivity index (χ1n) is 23.5. The summed E-state index contributed by atoms with van der Waals surface area (Å²) in [4.78, 5) is 50.0. The predicted octanol–water partition coefficient (Wildman–Crippen LogP) is -12.6. The van der Waals surface area contributed by atoms with Gasteiger partial charge in [0.05, 0.1) is 45.2 Å². The summed E-state index contributed by atoms with van der Waals surface area (Å²) < 4.78 is 124. The van der Waals surface area contributed by atoms with E-state index >= 15 is 0 Å². The van der Waals surface area contributed by atoms with Crippen molar-refractivity contribution >= 4 is 44.5 Å². The van der Waals surface area contributed by atoms with Crippen LogP contribution in [0, 0.1) is 0 Å². The van der Waals surface area contributed by atoms with Crippen molar-refractivity contribution in [2.45, 2.75) is 186 Å². The van der Waals surface area contributed by atoms with Gasteiger partial charge in [-0.1, -0.05) is 0 Å². The van der Waals surface area contributed by atoms with Crippen LogP contribution in [-0.2, 0) is 91.0 Å². The minimum absolute atomic E-state index is 0.849. The number of amides is 3. The van der Waals surface area contributed by atoms with E-state index in [2.05, 4.69) is 24.3 Å². The SMILES string of the molecule is CC(=O)N[C@H]1[C@H](OC[C@H]2OC(O)[C@H](NC(C)=O)[C@@H](O[C@@H]3O[C@H](CO)[C@H](O)[C@H](O[C@]4(C(=O)O)C[C@H](O)[C@@H](NC(C)=O)[C@H]([C@H](O)[C@H](O)CO)O4)[C@H]3O)[C@@H]2O)O[C@H](COS(=O)(=O)O)[C@@H](O[C@@H]2O[C@H](COS(=O)(=O)O)[C@H](O)[C@H](O)[C@H]2O)[C@@H]1O. The van der Waals surface area contributed by atoms with Crippen molar-refractivity contribution in [3.8, 4) is 0 Å². The number of nitrogens with one attached hydrogen (secondary N) is 3. The van der Waals surface area contributed by atoms with Gasteiger partial charge >= 0.3 is 26.8 Å². The van der Waals surface area contributed by atoms with Crippen molar-refractivity contribution in [2.24, 2.45) is 0 Å². The van der Waals surface area contributed by atoms with Crippen molar-refractivity contribution in [3.05, 3.63) is 0 Å². The molecule has 0 aromatic heterocycles. The third-order valence-electron chi connectivity index (χ3n) is 12.9. The number of aliphatic hydroxyl groups is 13. The number of carboxylic acids is 1. The number of aliphatic carboxylic acids is 1. The number of aliphatic hydroxyl groups excluding tert-OH is 13. The maximum Gasteiger partial charge on any atom is 0.397 e. The standard InChI is InChI=1S/C39H65N3O35S2/c1-10(45)40-19-13(48)4-39(38(59)60,76-32(19)22(50)14(49)5-43)77-33-24(52)15(6-44)71-37(29(33)57)75-31-21(42-12(3)47)34(58)70-16(25(31)53)7-67-35-20(41-11(2)46)26(54)30(18(73-35)9-69-79(64,65)66)74-36-28(56)27(55)23(51)17(72-36)8-68-78(61,62)63/h13-37,43-44,48-58H,4-9H2,1-3H3,(H,40,45)(H,41,46)(H,42,47)(H,59,60)(H,61,62,63)(H,64,65,66)/t13-,14+,15+,16+,17+,18+,19+,20+,21+,22+,23-,24-,25+,26+,27-,28+,29+,30+,31+,32+,33-,34?,35+,36-,37-,39-/m0/s1. The van der Waals surface area contributed by atoms with Gasteiger partial charge < -0.3 is 130 Å². The maximum absolute atomic E-state index is 13.0. The third kappa shape index (κ3) is 16.5. The molecule has 19 N–H and O–H groups in total. The van der Waals surface area contributed by atoms with Crippen LogP contribution in [0.25, 0.3) is 0 Å². The largest absolute Gasteiger partial charge is 0.477 e. The number of carbonyl (C=O) groups excluding carboxylic acids is 3. The lowest BCUT2D eigenvalue weighted by Crippen LogP contribution is -2.71. The molecule has 5 rings (SSSR count). The fourth-order valence-electron chi connectivity index (χ4n) is 9.12. The second-order valence-electron chi connectivity index (χ2n) is 18.7. The van der Waals surface area contributed by atoms with Gasteiger partial charge in [0.15, 0.2) is 25.2 Å². The van der Waals surface area contributed by atoms with Gasteiger partial charge in [0.1, 0.15) is 116 Å². The monoisotopic (exact) mass is 1200 g/mol. The van der Waals surface area contributed by atoms with Gasteiger partial charge in [-0.15, -0.1) is 0 Å². The predicted molar refractivity (Wildman–Crippen MR) is 239 cm³/mol. The first-order chi connectivity index (χ1) is 36.6. The topological polar surface area (TPSA) is 598 Å². The van der Waals surface area contributed by atoms with E-state index in [0.717, 1.165) is 20.8 Å². The van der Waals surface area contributed by atoms with E-state index in [4.69, 9.17) is 47.2 Å². The lowest BCUT2D eigenvalue weighted by molar-refractivity contribution is -0.381. The summed E-state index contributed by atoms with van der Waals surface area (Å²) in [5.41, 5.74) is 0. The van der Waals surface area contributed by atoms with Crippen molar-refractivity contribution in [1.29, 1.82) is 0 Å². The number of carbonyl (C=O) groups is 4. The summed E-state index contributed by atoms with van der Waals surface area (Å²) in [6.45, 7) is -3.12. The molecule has 1 unspecified atom stereocenters. The van der Waals surface area contributed by atoms with Gasteiger partial charge in [0.25, 0.3) is 5.79 Å². The zero-order chi connectivity index (χ0) is 59.4. The van der Waals surface area contributed by atoms with Gasteiger partial charge in [0.2, 0.25) is 17.7 Å². The molecule has 26 atom stereocenters. The highest BCUT2D eigenvalue weighted by molar-refractivity contribution is 7.81. The summed E-state index contributed by atoms with van der Waals surface area (Å²) in [6.07, 6.45) is -48.8. The minimum Gasteiger partial charge on any atom is -0.477 e. The summed E-state index contributed by atoms with van der Waals surface area (Å²) in [7, 11) is -10.6. The van der Waals surface area contributed by atoms with Crippen LogP contribution in [0.5, 0.6) is 0 Å². The third-order valence-corrected chi connectivity index (χ3v) is 13.7. The Morgan fingerprint density at radius 1 is 0.582 bits per heavy atom. The zero-order valence-corrected chi connectivity index (χ0v) is 43.0. The van der Waals surface area contributed by atoms with Crippen LogP contribution >= 0.6 is 0 Å². The molecule has 0 aromatic rings. The molecule has 5 aliphatic heterocycles. The fourth-order valence-corrected chi connectivity index (χ4v) is 9.73. The number of hydrogen-bond donors (Lipinski definition) is 19. The molecule has 0 bridgehead atoms. The highest BCUT2D eigenvalue weighted by atomic mass is 32.3. The van der Waals surface area contributed by atoms with Crippen LogP contribution in [0.2, 0.25) is 0 Å². The van der Waals surface area contributed by atoms with Crippen LogP contribution in [0.1, 0.15) is 27.2 Å². The lowest BCUT2D eigenvalue weighted by Gasteiger charge is -2.51. The number of hydrogen-bond acceptors (Lipinski definition) is 32. The van der Waals surface area contributed by atoms with E-state index in [0.29, 0.717) is 0 Å². The second-order valence-corrected chi connectivity index (χ2v) is 20.9. The molecule has 0 radical (unpaired) electrons. The van der Waals surface area contributed by atoms with Crippen LogP contribution in [0.4, 0.5) is 0 Å². The van der Waals surface area contributed by atoms with Gasteiger partial charge in [0, 0.05) is 27.2 Å². The first kappa shape index (κ1) is 66.5. The summed E-state index contributed by atoms with van der Waals surface area (Å²) >= 11 is 0. The Morgan fingerprint density at radius 3 is 1.62 bits per heavy atom. The van der Waals surface area contributed by atoms with Gasteiger partial charge in [-0.3, -0.25) is 23.5 Å². The zero-order valence-electron chi connectivity index (χ0n) is 41.4. The molecular formula is C39H65N3O35S2. The maximum atomic E-state index is 13.0. The van der Waals surface area contributed by atoms with E-state index in [9.17, 15) is 112 Å². The Morgan fingerprint density at radius 2 is 1.08 bits per heavy atom. The van der Waals surface area contributed by atoms with Crippen molar-refractivity contribution < 1.29 is 168 Å². The molecule has 0 aliphatic carbocycles. The summed E-state index contributed by atoms with van der Waals surface area (Å²) in [6, 6.07) is -5.46. The molecule has 40 heteroatoms. The molecule has 5 fully saturated rings. The van der Waals surface area contributed by atoms with E-state index in [1.54, 1.807) is 0 Å². The smallest absolute Gasteiger partial charge is 0.397 e. The Balaban J connectivity index is 1.42. The van der Waals surface area contributed by atoms with Crippen molar-refractivity contribution in [2.75, 3.05) is 33.0 Å². The Bertz CT molecular complexity index is 2290. The number of ether oxygens (including phenoxy) is 9. The van der Waals surface area contributed by atoms with Crippen LogP contribution in [-0.4, -0.2) is 313 Å². The van der Waals surface area contributed by atoms with Gasteiger partial charge in [-0.2, -0.15) is 16.8 Å². The molecule has 0 aromatic carbocycles. The quantitative estimate of drug-likeness (QED) is 0.0423. The molecule has 0 spiro atoms. The molecule has 3 amide bonds. The molecule has 38 nitrogen and oxygen atoms in total. The average Bonchev–Trinajstić information content (AvgIpc) is 3.35. The van der Waals surface area contributed by atoms with Crippen LogP contribution < -0.4 is 16.0 Å². The Kier molecular flexibility index (Phi) is 23.1. The highest BCUT2D eigenvalue weighted by Gasteiger charge is 2.61. The number of carboxylic acid groups (broad SMARTS) is 1. The molecule has 5 heterocycles. The normalized spacial score (nSPS) is 42.1. The van der Waals surface area contributed by atoms with E-state index in [1.807, 2.05) is 0 Å². The Labute approximate surface area is 446 Å². The van der Waals surface area contributed by atoms with E-state index in [1.165, 1.54) is 0 Å². The Hall–Kier alpha value is -3.26. The van der Waals surface area contributed by atoms with Gasteiger partial charge in [-0.25, -0.2) is 13.2 Å². The van der Waals surface area contributed by atoms with Crippen molar-refractivity contribution in [3.63, 3.8) is 0 Å². The molecule has 79 heavy (non-hydrogen) atoms. The van der Waals surface area contributed by atoms with E-state index in [-0.39, 0.29) is 0 Å². The molecular weight excluding hydrogens is 1130 g/mol. The average molecular weight is 1200 g/mol. The molecule has 5 aliphatic rings. The molecule has 458 valence electrons. The van der Waals surface area contributed by atoms with E-state index < -0.39 is 243 Å². The van der Waals surface area contributed by atoms with Gasteiger partial charge in [-0.05, 0) is 0 Å². The molecule has 0 saturated carbocycles.